The van der Waals surface area contributed by atoms with Gasteiger partial charge in [0.25, 0.3) is 0 Å². The lowest BCUT2D eigenvalue weighted by Gasteiger charge is -2.30. The van der Waals surface area contributed by atoms with Crippen molar-refractivity contribution in [2.45, 2.75) is 57.8 Å². The van der Waals surface area contributed by atoms with Gasteiger partial charge in [0.1, 0.15) is 17.0 Å². The van der Waals surface area contributed by atoms with Crippen LogP contribution in [0.2, 0.25) is 0 Å². The predicted molar refractivity (Wildman–Crippen MR) is 155 cm³/mol. The number of halogens is 3. The van der Waals surface area contributed by atoms with E-state index in [1.54, 1.807) is 25.6 Å². The third-order valence-electron chi connectivity index (χ3n) is 6.72. The van der Waals surface area contributed by atoms with E-state index in [-0.39, 0.29) is 12.8 Å². The van der Waals surface area contributed by atoms with Crippen LogP contribution >= 0.6 is 0 Å². The molecule has 2 aromatic heterocycles. The van der Waals surface area contributed by atoms with Crippen LogP contribution in [0.1, 0.15) is 51.3 Å². The van der Waals surface area contributed by atoms with Crippen LogP contribution < -0.4 is 14.8 Å². The molecule has 3 aromatic rings. The van der Waals surface area contributed by atoms with Crippen LogP contribution in [0.15, 0.2) is 68.0 Å². The van der Waals surface area contributed by atoms with Crippen molar-refractivity contribution in [3.8, 4) is 22.6 Å². The van der Waals surface area contributed by atoms with Gasteiger partial charge in [-0.15, -0.1) is 13.2 Å². The van der Waals surface area contributed by atoms with Gasteiger partial charge in [-0.05, 0) is 62.9 Å². The van der Waals surface area contributed by atoms with E-state index in [9.17, 15) is 18.0 Å². The van der Waals surface area contributed by atoms with E-state index in [4.69, 9.17) is 9.47 Å². The molecule has 2 amide bonds. The zero-order chi connectivity index (χ0) is 30.0. The number of alkyl halides is 3. The van der Waals surface area contributed by atoms with Gasteiger partial charge >= 0.3 is 12.2 Å². The van der Waals surface area contributed by atoms with Crippen molar-refractivity contribution in [2.75, 3.05) is 20.3 Å². The number of methoxy groups -OCH3 is 1. The van der Waals surface area contributed by atoms with Gasteiger partial charge in [0.15, 0.2) is 0 Å². The molecule has 1 aromatic carbocycles. The molecule has 0 spiro atoms. The van der Waals surface area contributed by atoms with Crippen LogP contribution in [0.5, 0.6) is 11.5 Å². The molecule has 0 saturated carbocycles. The smallest absolute Gasteiger partial charge is 0.389 e. The number of pyridine rings is 2. The van der Waals surface area contributed by atoms with Crippen molar-refractivity contribution in [2.24, 2.45) is 0 Å². The number of rotatable bonds is 14. The molecule has 0 unspecified atom stereocenters. The number of hydrogen-bond acceptors (Lipinski definition) is 5. The van der Waals surface area contributed by atoms with Crippen molar-refractivity contribution >= 4 is 16.9 Å². The average Bonchev–Trinajstić information content (AvgIpc) is 2.95. The Morgan fingerprint density at radius 3 is 2.61 bits per heavy atom. The quantitative estimate of drug-likeness (QED) is 0.159. The number of aromatic nitrogens is 2. The highest BCUT2D eigenvalue weighted by Gasteiger charge is 2.30. The Hall–Kier alpha value is -4.08. The number of urea groups is 1. The summed E-state index contributed by atoms with van der Waals surface area (Å²) in [7, 11) is 1.56. The number of nitrogens with one attached hydrogen (secondary N) is 1. The average molecular weight is 571 g/mol. The summed E-state index contributed by atoms with van der Waals surface area (Å²) in [6, 6.07) is 7.90. The number of nitrogens with zero attached hydrogens (tertiary/aromatic N) is 3. The molecular weight excluding hydrogens is 533 g/mol. The van der Waals surface area contributed by atoms with Gasteiger partial charge < -0.3 is 19.7 Å². The summed E-state index contributed by atoms with van der Waals surface area (Å²) in [5.41, 5.74) is 2.89. The third-order valence-corrected chi connectivity index (χ3v) is 6.72. The molecule has 1 N–H and O–H groups in total. The second-order valence-electron chi connectivity index (χ2n) is 9.57. The SMILES string of the molecule is C=CCCOc1cc(-c2cc([C@@H](C)N(CC)C(=O)N[C@H](CC=C)CCC(F)(F)F)ncc2OC)cc2cccnc12. The lowest BCUT2D eigenvalue weighted by atomic mass is 10.0. The molecule has 7 nitrogen and oxygen atoms in total. The maximum absolute atomic E-state index is 13.2. The molecule has 0 radical (unpaired) electrons. The van der Waals surface area contributed by atoms with Gasteiger partial charge in [0.05, 0.1) is 31.6 Å². The van der Waals surface area contributed by atoms with Gasteiger partial charge in [-0.25, -0.2) is 4.79 Å². The Morgan fingerprint density at radius 1 is 1.17 bits per heavy atom. The standard InChI is InChI=1S/C31H37F3N4O3/c1-6-9-16-41-27-18-23(17-22-12-10-15-35-29(22)27)25-19-26(36-20-28(25)40-5)21(4)38(8-3)30(39)37-24(11-7-2)13-14-31(32,33)34/h6-7,10,12,15,17-21,24H,1-2,8-9,11,13-14,16H2,3-5H3,(H,37,39)/t21-,24-/m1/s1. The molecule has 10 heteroatoms. The summed E-state index contributed by atoms with van der Waals surface area (Å²) in [6.45, 7) is 11.8. The van der Waals surface area contributed by atoms with E-state index < -0.39 is 30.7 Å². The van der Waals surface area contributed by atoms with E-state index >= 15 is 0 Å². The summed E-state index contributed by atoms with van der Waals surface area (Å²) >= 11 is 0. The summed E-state index contributed by atoms with van der Waals surface area (Å²) in [6.07, 6.45) is 1.98. The van der Waals surface area contributed by atoms with Crippen molar-refractivity contribution in [1.29, 1.82) is 0 Å². The van der Waals surface area contributed by atoms with Crippen LogP contribution in [-0.4, -0.2) is 53.4 Å². The molecule has 2 atom stereocenters. The normalized spacial score (nSPS) is 12.8. The first-order chi connectivity index (χ1) is 19.6. The molecule has 0 aliphatic carbocycles. The molecule has 41 heavy (non-hydrogen) atoms. The van der Waals surface area contributed by atoms with Gasteiger partial charge in [-0.1, -0.05) is 18.2 Å². The topological polar surface area (TPSA) is 76.6 Å². The zero-order valence-electron chi connectivity index (χ0n) is 23.7. The molecular formula is C31H37F3N4O3. The minimum Gasteiger partial charge on any atom is -0.494 e. The van der Waals surface area contributed by atoms with Crippen LogP contribution in [-0.2, 0) is 0 Å². The van der Waals surface area contributed by atoms with E-state index in [2.05, 4.69) is 28.4 Å². The Morgan fingerprint density at radius 2 is 1.95 bits per heavy atom. The fourth-order valence-corrected chi connectivity index (χ4v) is 4.55. The minimum atomic E-state index is -4.30. The van der Waals surface area contributed by atoms with E-state index in [0.717, 1.165) is 22.0 Å². The molecule has 0 aliphatic rings. The van der Waals surface area contributed by atoms with Gasteiger partial charge in [0, 0.05) is 36.2 Å². The van der Waals surface area contributed by atoms with Crippen LogP contribution in [0.4, 0.5) is 18.0 Å². The first-order valence-electron chi connectivity index (χ1n) is 13.5. The summed E-state index contributed by atoms with van der Waals surface area (Å²) in [5, 5.41) is 3.63. The maximum Gasteiger partial charge on any atom is 0.389 e. The number of carbonyl (C=O) groups is 1. The molecule has 0 fully saturated rings. The molecule has 220 valence electrons. The van der Waals surface area contributed by atoms with Gasteiger partial charge in [0.2, 0.25) is 0 Å². The molecule has 3 rings (SSSR count). The van der Waals surface area contributed by atoms with Crippen LogP contribution in [0, 0.1) is 0 Å². The lowest BCUT2D eigenvalue weighted by Crippen LogP contribution is -2.46. The Balaban J connectivity index is 1.94. The highest BCUT2D eigenvalue weighted by molar-refractivity contribution is 5.90. The van der Waals surface area contributed by atoms with Crippen molar-refractivity contribution in [3.05, 3.63) is 73.7 Å². The van der Waals surface area contributed by atoms with Gasteiger partial charge in [-0.2, -0.15) is 13.2 Å². The summed E-state index contributed by atoms with van der Waals surface area (Å²) in [4.78, 5) is 23.8. The van der Waals surface area contributed by atoms with Crippen molar-refractivity contribution in [1.82, 2.24) is 20.2 Å². The van der Waals surface area contributed by atoms with E-state index in [1.807, 2.05) is 44.2 Å². The first-order valence-corrected chi connectivity index (χ1v) is 13.5. The van der Waals surface area contributed by atoms with Crippen LogP contribution in [0.3, 0.4) is 0 Å². The molecule has 2 heterocycles. The highest BCUT2D eigenvalue weighted by Crippen LogP contribution is 2.37. The highest BCUT2D eigenvalue weighted by atomic mass is 19.4. The molecule has 0 bridgehead atoms. The summed E-state index contributed by atoms with van der Waals surface area (Å²) in [5.74, 6) is 1.15. The number of carbonyl (C=O) groups excluding carboxylic acids is 1. The predicted octanol–water partition coefficient (Wildman–Crippen LogP) is 7.64. The number of fused-ring (bicyclic) bond motifs is 1. The molecule has 0 saturated heterocycles. The largest absolute Gasteiger partial charge is 0.494 e. The Kier molecular flexibility index (Phi) is 11.1. The summed E-state index contributed by atoms with van der Waals surface area (Å²) < 4.78 is 50.1. The first kappa shape index (κ1) is 31.4. The maximum atomic E-state index is 13.2. The second-order valence-corrected chi connectivity index (χ2v) is 9.57. The van der Waals surface area contributed by atoms with E-state index in [0.29, 0.717) is 36.8 Å². The number of hydrogen-bond donors (Lipinski definition) is 1. The third kappa shape index (κ3) is 8.45. The lowest BCUT2D eigenvalue weighted by molar-refractivity contribution is -0.136. The fourth-order valence-electron chi connectivity index (χ4n) is 4.55. The van der Waals surface area contributed by atoms with E-state index in [1.165, 1.54) is 11.0 Å². The minimum absolute atomic E-state index is 0.229. The monoisotopic (exact) mass is 570 g/mol. The Labute approximate surface area is 239 Å². The number of amides is 2. The Bertz CT molecular complexity index is 1350. The van der Waals surface area contributed by atoms with Crippen molar-refractivity contribution in [3.63, 3.8) is 0 Å². The number of benzene rings is 1. The second kappa shape index (κ2) is 14.5. The zero-order valence-corrected chi connectivity index (χ0v) is 23.7. The fraction of sp³-hybridized carbons (Fsp3) is 0.387. The number of ether oxygens (including phenoxy) is 2. The van der Waals surface area contributed by atoms with Crippen molar-refractivity contribution < 1.29 is 27.4 Å². The molecule has 0 aliphatic heterocycles. The van der Waals surface area contributed by atoms with Gasteiger partial charge in [-0.3, -0.25) is 9.97 Å². The van der Waals surface area contributed by atoms with Crippen LogP contribution in [0.25, 0.3) is 22.0 Å².